The van der Waals surface area contributed by atoms with E-state index in [1.54, 1.807) is 12.1 Å². The highest BCUT2D eigenvalue weighted by molar-refractivity contribution is 5.80. The summed E-state index contributed by atoms with van der Waals surface area (Å²) < 4.78 is 25.3. The number of halogens is 1. The van der Waals surface area contributed by atoms with Crippen LogP contribution in [0.2, 0.25) is 0 Å². The van der Waals surface area contributed by atoms with Gasteiger partial charge in [-0.3, -0.25) is 9.89 Å². The number of ether oxygens (including phenoxy) is 2. The number of rotatable bonds is 6. The third kappa shape index (κ3) is 4.64. The van der Waals surface area contributed by atoms with Crippen molar-refractivity contribution < 1.29 is 13.9 Å². The molecule has 0 saturated carbocycles. The van der Waals surface area contributed by atoms with Gasteiger partial charge in [-0.15, -0.1) is 0 Å². The lowest BCUT2D eigenvalue weighted by Gasteiger charge is -2.34. The van der Waals surface area contributed by atoms with Gasteiger partial charge in [-0.1, -0.05) is 12.1 Å². The molecule has 3 heterocycles. The summed E-state index contributed by atoms with van der Waals surface area (Å²) >= 11 is 0. The average Bonchev–Trinajstić information content (AvgIpc) is 3.32. The monoisotopic (exact) mass is 390 g/mol. The Kier molecular flexibility index (Phi) is 6.44. The molecular weight excluding hydrogens is 359 g/mol. The highest BCUT2D eigenvalue weighted by Gasteiger charge is 2.41. The number of aliphatic imine (C=N–C) groups is 1. The van der Waals surface area contributed by atoms with Crippen molar-refractivity contribution in [2.24, 2.45) is 4.99 Å². The average molecular weight is 391 g/mol. The van der Waals surface area contributed by atoms with Gasteiger partial charge in [-0.25, -0.2) is 4.39 Å². The summed E-state index contributed by atoms with van der Waals surface area (Å²) in [7, 11) is 0. The van der Waals surface area contributed by atoms with Gasteiger partial charge in [0.2, 0.25) is 0 Å². The zero-order valence-corrected chi connectivity index (χ0v) is 16.6. The third-order valence-electron chi connectivity index (χ3n) is 5.91. The molecule has 0 aliphatic carbocycles. The topological polar surface area (TPSA) is 58.1 Å². The van der Waals surface area contributed by atoms with Gasteiger partial charge in [-0.2, -0.15) is 0 Å². The minimum Gasteiger partial charge on any atom is -0.379 e. The Morgan fingerprint density at radius 3 is 2.86 bits per heavy atom. The first kappa shape index (κ1) is 19.6. The van der Waals surface area contributed by atoms with Gasteiger partial charge >= 0.3 is 0 Å². The second-order valence-corrected chi connectivity index (χ2v) is 7.80. The van der Waals surface area contributed by atoms with E-state index in [2.05, 4.69) is 22.5 Å². The highest BCUT2D eigenvalue weighted by Crippen LogP contribution is 2.34. The van der Waals surface area contributed by atoms with E-state index in [0.29, 0.717) is 38.0 Å². The van der Waals surface area contributed by atoms with Crippen molar-refractivity contribution in [1.82, 2.24) is 15.5 Å². The van der Waals surface area contributed by atoms with Crippen LogP contribution in [0, 0.1) is 5.82 Å². The molecule has 2 bridgehead atoms. The third-order valence-corrected chi connectivity index (χ3v) is 5.91. The molecule has 28 heavy (non-hydrogen) atoms. The molecule has 1 aromatic rings. The zero-order valence-electron chi connectivity index (χ0n) is 16.6. The van der Waals surface area contributed by atoms with Crippen LogP contribution in [0.3, 0.4) is 0 Å². The van der Waals surface area contributed by atoms with Crippen molar-refractivity contribution in [2.75, 3.05) is 39.4 Å². The van der Waals surface area contributed by atoms with Crippen molar-refractivity contribution in [3.63, 3.8) is 0 Å². The summed E-state index contributed by atoms with van der Waals surface area (Å²) in [5.74, 6) is 0.613. The van der Waals surface area contributed by atoms with Gasteiger partial charge in [-0.05, 0) is 43.9 Å². The summed E-state index contributed by atoms with van der Waals surface area (Å²) in [5.41, 5.74) is 0.963. The Morgan fingerprint density at radius 2 is 2.18 bits per heavy atom. The van der Waals surface area contributed by atoms with Crippen molar-refractivity contribution >= 4 is 5.96 Å². The number of nitrogens with zero attached hydrogens (tertiary/aromatic N) is 2. The number of nitrogens with one attached hydrogen (secondary N) is 2. The van der Waals surface area contributed by atoms with Crippen molar-refractivity contribution in [3.8, 4) is 0 Å². The lowest BCUT2D eigenvalue weighted by Crippen LogP contribution is -2.48. The molecule has 3 aliphatic heterocycles. The van der Waals surface area contributed by atoms with E-state index >= 15 is 0 Å². The zero-order chi connectivity index (χ0) is 19.3. The Labute approximate surface area is 166 Å². The Hall–Kier alpha value is -1.70. The summed E-state index contributed by atoms with van der Waals surface area (Å²) in [6.45, 7) is 6.52. The molecule has 154 valence electrons. The van der Waals surface area contributed by atoms with Crippen LogP contribution in [-0.2, 0) is 9.47 Å². The minimum absolute atomic E-state index is 0.0336. The second kappa shape index (κ2) is 9.20. The van der Waals surface area contributed by atoms with Crippen LogP contribution < -0.4 is 10.6 Å². The van der Waals surface area contributed by atoms with Crippen molar-refractivity contribution in [2.45, 2.75) is 50.5 Å². The van der Waals surface area contributed by atoms with E-state index in [4.69, 9.17) is 14.5 Å². The molecule has 4 unspecified atom stereocenters. The molecule has 0 radical (unpaired) electrons. The molecule has 0 aromatic heterocycles. The number of fused-ring (bicyclic) bond motifs is 2. The quantitative estimate of drug-likeness (QED) is 0.575. The van der Waals surface area contributed by atoms with Gasteiger partial charge in [0, 0.05) is 19.6 Å². The second-order valence-electron chi connectivity index (χ2n) is 7.80. The van der Waals surface area contributed by atoms with Crippen molar-refractivity contribution in [1.29, 1.82) is 0 Å². The van der Waals surface area contributed by atoms with Gasteiger partial charge in [0.1, 0.15) is 5.82 Å². The fourth-order valence-electron chi connectivity index (χ4n) is 4.50. The maximum Gasteiger partial charge on any atom is 0.191 e. The van der Waals surface area contributed by atoms with Gasteiger partial charge in [0.25, 0.3) is 0 Å². The van der Waals surface area contributed by atoms with E-state index < -0.39 is 0 Å². The van der Waals surface area contributed by atoms with Crippen LogP contribution in [0.15, 0.2) is 29.3 Å². The van der Waals surface area contributed by atoms with Crippen LogP contribution in [0.4, 0.5) is 4.39 Å². The Balaban J connectivity index is 1.48. The predicted molar refractivity (Wildman–Crippen MR) is 107 cm³/mol. The van der Waals surface area contributed by atoms with E-state index in [-0.39, 0.29) is 11.9 Å². The maximum atomic E-state index is 13.9. The van der Waals surface area contributed by atoms with Crippen LogP contribution in [-0.4, -0.2) is 68.5 Å². The van der Waals surface area contributed by atoms with E-state index in [9.17, 15) is 4.39 Å². The molecule has 3 fully saturated rings. The molecular formula is C21H31FN4O2. The predicted octanol–water partition coefficient (Wildman–Crippen LogP) is 2.07. The molecule has 6 nitrogen and oxygen atoms in total. The van der Waals surface area contributed by atoms with Gasteiger partial charge < -0.3 is 20.1 Å². The maximum absolute atomic E-state index is 13.9. The first-order valence-electron chi connectivity index (χ1n) is 10.5. The summed E-state index contributed by atoms with van der Waals surface area (Å²) in [6, 6.07) is 7.24. The number of hydrogen-bond acceptors (Lipinski definition) is 4. The number of guanidine groups is 1. The molecule has 4 rings (SSSR count). The van der Waals surface area contributed by atoms with Crippen LogP contribution in [0.5, 0.6) is 0 Å². The fraction of sp³-hybridized carbons (Fsp3) is 0.667. The molecule has 1 aromatic carbocycles. The largest absolute Gasteiger partial charge is 0.379 e. The SMILES string of the molecule is CCNC(=NCC(c1cccc(F)c1)N1CCOCC1)NC1CC2CCC1O2. The van der Waals surface area contributed by atoms with Crippen molar-refractivity contribution in [3.05, 3.63) is 35.6 Å². The molecule has 3 saturated heterocycles. The summed E-state index contributed by atoms with van der Waals surface area (Å²) in [6.07, 6.45) is 4.05. The minimum atomic E-state index is -0.205. The Morgan fingerprint density at radius 1 is 1.32 bits per heavy atom. The lowest BCUT2D eigenvalue weighted by molar-refractivity contribution is 0.0179. The van der Waals surface area contributed by atoms with E-state index in [1.807, 2.05) is 6.07 Å². The molecule has 7 heteroatoms. The summed E-state index contributed by atoms with van der Waals surface area (Å²) in [5, 5.41) is 6.92. The standard InChI is InChI=1S/C21H31FN4O2/c1-2-23-21(25-18-13-17-6-7-20(18)28-17)24-14-19(26-8-10-27-11-9-26)15-4-3-5-16(22)12-15/h3-5,12,17-20H,2,6-11,13-14H2,1H3,(H2,23,24,25). The normalized spacial score (nSPS) is 29.1. The van der Waals surface area contributed by atoms with Crippen LogP contribution >= 0.6 is 0 Å². The lowest BCUT2D eigenvalue weighted by atomic mass is 9.96. The number of benzene rings is 1. The Bertz CT molecular complexity index is 680. The van der Waals surface area contributed by atoms with Crippen LogP contribution in [0.1, 0.15) is 37.8 Å². The molecule has 2 N–H and O–H groups in total. The first-order chi connectivity index (χ1) is 13.7. The summed E-state index contributed by atoms with van der Waals surface area (Å²) in [4.78, 5) is 7.22. The van der Waals surface area contributed by atoms with E-state index in [1.165, 1.54) is 12.5 Å². The van der Waals surface area contributed by atoms with Gasteiger partial charge in [0.15, 0.2) is 5.96 Å². The van der Waals surface area contributed by atoms with E-state index in [0.717, 1.165) is 44.0 Å². The molecule has 0 spiro atoms. The number of hydrogen-bond donors (Lipinski definition) is 2. The van der Waals surface area contributed by atoms with Crippen LogP contribution in [0.25, 0.3) is 0 Å². The number of morpholine rings is 1. The molecule has 3 aliphatic rings. The fourth-order valence-corrected chi connectivity index (χ4v) is 4.50. The smallest absolute Gasteiger partial charge is 0.191 e. The first-order valence-corrected chi connectivity index (χ1v) is 10.5. The van der Waals surface area contributed by atoms with Gasteiger partial charge in [0.05, 0.1) is 44.1 Å². The molecule has 4 atom stereocenters. The highest BCUT2D eigenvalue weighted by atomic mass is 19.1. The molecule has 0 amide bonds.